The number of nitrogens with zero attached hydrogens (tertiary/aromatic N) is 1. The molecule has 2 rings (SSSR count). The van der Waals surface area contributed by atoms with Gasteiger partial charge in [-0.25, -0.2) is 8.42 Å². The summed E-state index contributed by atoms with van der Waals surface area (Å²) in [6, 6.07) is 13.6. The van der Waals surface area contributed by atoms with Gasteiger partial charge in [-0.15, -0.1) is 0 Å². The minimum absolute atomic E-state index is 0.186. The van der Waals surface area contributed by atoms with E-state index in [1.54, 1.807) is 55.5 Å². The highest BCUT2D eigenvalue weighted by Crippen LogP contribution is 2.19. The van der Waals surface area contributed by atoms with Crippen molar-refractivity contribution in [2.75, 3.05) is 25.5 Å². The fourth-order valence-electron chi connectivity index (χ4n) is 2.47. The Hall–Kier alpha value is -2.38. The molecule has 0 unspecified atom stereocenters. The normalized spacial score (nSPS) is 11.4. The number of rotatable bonds is 8. The molecular weight excluding hydrogens is 352 g/mol. The van der Waals surface area contributed by atoms with Gasteiger partial charge in [0.25, 0.3) is 0 Å². The summed E-state index contributed by atoms with van der Waals surface area (Å²) in [4.78, 5) is 12.5. The highest BCUT2D eigenvalue weighted by molar-refractivity contribution is 7.89. The smallest absolute Gasteiger partial charge is 0.243 e. The van der Waals surface area contributed by atoms with Crippen LogP contribution in [0.4, 0.5) is 5.69 Å². The summed E-state index contributed by atoms with van der Waals surface area (Å²) in [5, 5.41) is 2.70. The molecular formula is C19H24N2O4S. The number of nitrogens with one attached hydrogen (secondary N) is 1. The van der Waals surface area contributed by atoms with Crippen molar-refractivity contribution in [2.24, 2.45) is 0 Å². The van der Waals surface area contributed by atoms with Crippen LogP contribution in [-0.4, -0.2) is 38.8 Å². The molecule has 0 spiro atoms. The van der Waals surface area contributed by atoms with Crippen LogP contribution in [0.25, 0.3) is 0 Å². The minimum Gasteiger partial charge on any atom is -0.497 e. The van der Waals surface area contributed by atoms with E-state index < -0.39 is 15.9 Å². The maximum Gasteiger partial charge on any atom is 0.243 e. The Balaban J connectivity index is 2.12. The molecule has 0 bridgehead atoms. The fourth-order valence-corrected chi connectivity index (χ4v) is 3.88. The number of ether oxygens (including phenoxy) is 1. The summed E-state index contributed by atoms with van der Waals surface area (Å²) >= 11 is 0. The van der Waals surface area contributed by atoms with E-state index in [0.717, 1.165) is 16.3 Å². The Morgan fingerprint density at radius 1 is 1.12 bits per heavy atom. The fraction of sp³-hybridized carbons (Fsp3) is 0.316. The van der Waals surface area contributed by atoms with Crippen LogP contribution in [0, 0.1) is 0 Å². The largest absolute Gasteiger partial charge is 0.497 e. The predicted octanol–water partition coefficient (Wildman–Crippen LogP) is 2.91. The number of methoxy groups -OCH3 is 1. The summed E-state index contributed by atoms with van der Waals surface area (Å²) < 4.78 is 31.8. The van der Waals surface area contributed by atoms with Crippen molar-refractivity contribution in [2.45, 2.75) is 25.2 Å². The lowest BCUT2D eigenvalue weighted by Crippen LogP contribution is -2.37. The number of benzene rings is 2. The number of amides is 1. The van der Waals surface area contributed by atoms with Crippen molar-refractivity contribution in [1.29, 1.82) is 0 Å². The van der Waals surface area contributed by atoms with Gasteiger partial charge in [0.2, 0.25) is 15.9 Å². The zero-order chi connectivity index (χ0) is 19.2. The zero-order valence-corrected chi connectivity index (χ0v) is 16.0. The molecule has 0 radical (unpaired) electrons. The molecule has 0 aromatic heterocycles. The van der Waals surface area contributed by atoms with Crippen molar-refractivity contribution in [3.05, 3.63) is 54.1 Å². The number of carbonyl (C=O) groups excluding carboxylic acids is 1. The van der Waals surface area contributed by atoms with Gasteiger partial charge in [-0.05, 0) is 36.2 Å². The second-order valence-electron chi connectivity index (χ2n) is 5.71. The molecule has 7 heteroatoms. The third kappa shape index (κ3) is 4.83. The van der Waals surface area contributed by atoms with Crippen LogP contribution in [0.5, 0.6) is 5.75 Å². The standard InChI is InChI=1S/C19H24N2O4S/c1-4-15-9-11-18(12-10-15)26(23,24)21(5-2)14-19(22)20-16-7-6-8-17(13-16)25-3/h6-13H,4-5,14H2,1-3H3,(H,20,22). The Morgan fingerprint density at radius 2 is 1.81 bits per heavy atom. The molecule has 2 aromatic carbocycles. The molecule has 1 amide bonds. The van der Waals surface area contributed by atoms with E-state index in [4.69, 9.17) is 4.74 Å². The van der Waals surface area contributed by atoms with Crippen LogP contribution in [0.2, 0.25) is 0 Å². The quantitative estimate of drug-likeness (QED) is 0.769. The number of likely N-dealkylation sites (N-methyl/N-ethyl adjacent to an activating group) is 1. The first kappa shape index (κ1) is 19.9. The van der Waals surface area contributed by atoms with Crippen LogP contribution in [0.3, 0.4) is 0 Å². The number of aryl methyl sites for hydroxylation is 1. The van der Waals surface area contributed by atoms with Gasteiger partial charge in [0.1, 0.15) is 5.75 Å². The Kier molecular flexibility index (Phi) is 6.76. The molecule has 0 saturated heterocycles. The van der Waals surface area contributed by atoms with E-state index in [-0.39, 0.29) is 18.0 Å². The second-order valence-corrected chi connectivity index (χ2v) is 7.65. The lowest BCUT2D eigenvalue weighted by atomic mass is 10.2. The minimum atomic E-state index is -3.73. The molecule has 0 saturated carbocycles. The third-order valence-electron chi connectivity index (χ3n) is 4.00. The SMILES string of the molecule is CCc1ccc(S(=O)(=O)N(CC)CC(=O)Nc2cccc(OC)c2)cc1. The topological polar surface area (TPSA) is 75.7 Å². The first-order chi connectivity index (χ1) is 12.4. The zero-order valence-electron chi connectivity index (χ0n) is 15.2. The molecule has 0 aliphatic carbocycles. The first-order valence-corrected chi connectivity index (χ1v) is 9.87. The number of hydrogen-bond acceptors (Lipinski definition) is 4. The predicted molar refractivity (Wildman–Crippen MR) is 102 cm³/mol. The number of carbonyl (C=O) groups is 1. The molecule has 2 aromatic rings. The summed E-state index contributed by atoms with van der Waals surface area (Å²) in [5.74, 6) is 0.202. The van der Waals surface area contributed by atoms with Crippen molar-refractivity contribution >= 4 is 21.6 Å². The molecule has 140 valence electrons. The number of anilines is 1. The van der Waals surface area contributed by atoms with Crippen molar-refractivity contribution in [1.82, 2.24) is 4.31 Å². The maximum absolute atomic E-state index is 12.8. The van der Waals surface area contributed by atoms with Crippen LogP contribution in [0.1, 0.15) is 19.4 Å². The lowest BCUT2D eigenvalue weighted by molar-refractivity contribution is -0.116. The van der Waals surface area contributed by atoms with E-state index >= 15 is 0 Å². The van der Waals surface area contributed by atoms with Crippen LogP contribution in [-0.2, 0) is 21.2 Å². The maximum atomic E-state index is 12.8. The molecule has 6 nitrogen and oxygen atoms in total. The van der Waals surface area contributed by atoms with Crippen LogP contribution in [0.15, 0.2) is 53.4 Å². The molecule has 0 fully saturated rings. The van der Waals surface area contributed by atoms with Gasteiger partial charge < -0.3 is 10.1 Å². The summed E-state index contributed by atoms with van der Waals surface area (Å²) in [6.07, 6.45) is 0.834. The Labute approximate surface area is 154 Å². The second kappa shape index (κ2) is 8.82. The van der Waals surface area contributed by atoms with Crippen molar-refractivity contribution in [3.8, 4) is 5.75 Å². The van der Waals surface area contributed by atoms with Crippen LogP contribution >= 0.6 is 0 Å². The van der Waals surface area contributed by atoms with Crippen molar-refractivity contribution in [3.63, 3.8) is 0 Å². The Bertz CT molecular complexity index is 848. The van der Waals surface area contributed by atoms with Gasteiger partial charge in [0.05, 0.1) is 18.6 Å². The summed E-state index contributed by atoms with van der Waals surface area (Å²) in [7, 11) is -2.19. The molecule has 0 atom stereocenters. The van der Waals surface area contributed by atoms with Crippen molar-refractivity contribution < 1.29 is 17.9 Å². The van der Waals surface area contributed by atoms with Gasteiger partial charge in [0, 0.05) is 18.3 Å². The highest BCUT2D eigenvalue weighted by Gasteiger charge is 2.25. The molecule has 1 N–H and O–H groups in total. The van der Waals surface area contributed by atoms with Gasteiger partial charge in [-0.2, -0.15) is 4.31 Å². The monoisotopic (exact) mass is 376 g/mol. The van der Waals surface area contributed by atoms with Gasteiger partial charge >= 0.3 is 0 Å². The lowest BCUT2D eigenvalue weighted by Gasteiger charge is -2.20. The van der Waals surface area contributed by atoms with E-state index in [9.17, 15) is 13.2 Å². The third-order valence-corrected chi connectivity index (χ3v) is 5.93. The molecule has 0 heterocycles. The van der Waals surface area contributed by atoms with E-state index in [0.29, 0.717) is 11.4 Å². The molecule has 0 aliphatic heterocycles. The summed E-state index contributed by atoms with van der Waals surface area (Å²) in [6.45, 7) is 3.65. The van der Waals surface area contributed by atoms with Gasteiger partial charge in [-0.3, -0.25) is 4.79 Å². The van der Waals surface area contributed by atoms with E-state index in [2.05, 4.69) is 5.32 Å². The average Bonchev–Trinajstić information content (AvgIpc) is 2.66. The molecule has 26 heavy (non-hydrogen) atoms. The van der Waals surface area contributed by atoms with Gasteiger partial charge in [0.15, 0.2) is 0 Å². The van der Waals surface area contributed by atoms with E-state index in [1.807, 2.05) is 6.92 Å². The van der Waals surface area contributed by atoms with Crippen LogP contribution < -0.4 is 10.1 Å². The first-order valence-electron chi connectivity index (χ1n) is 8.43. The van der Waals surface area contributed by atoms with E-state index in [1.165, 1.54) is 7.11 Å². The summed E-state index contributed by atoms with van der Waals surface area (Å²) in [5.41, 5.74) is 1.61. The number of hydrogen-bond donors (Lipinski definition) is 1. The highest BCUT2D eigenvalue weighted by atomic mass is 32.2. The number of sulfonamides is 1. The van der Waals surface area contributed by atoms with Gasteiger partial charge in [-0.1, -0.05) is 32.0 Å². The molecule has 0 aliphatic rings. The average molecular weight is 376 g/mol. The Morgan fingerprint density at radius 3 is 2.38 bits per heavy atom.